The van der Waals surface area contributed by atoms with E-state index in [0.29, 0.717) is 30.4 Å². The zero-order chi connectivity index (χ0) is 17.7. The van der Waals surface area contributed by atoms with Crippen LogP contribution in [0.3, 0.4) is 0 Å². The molecule has 2 N–H and O–H groups in total. The number of hydrogen-bond donors (Lipinski definition) is 2. The summed E-state index contributed by atoms with van der Waals surface area (Å²) in [5.41, 5.74) is 0.271. The zero-order valence-corrected chi connectivity index (χ0v) is 18.4. The van der Waals surface area contributed by atoms with Crippen molar-refractivity contribution in [1.82, 2.24) is 20.8 Å². The van der Waals surface area contributed by atoms with E-state index >= 15 is 0 Å². The molecule has 1 aromatic rings. The molecule has 3 rings (SSSR count). The second kappa shape index (κ2) is 9.87. The lowest BCUT2D eigenvalue weighted by molar-refractivity contribution is -0.145. The molecule has 2 aliphatic carbocycles. The maximum absolute atomic E-state index is 6.04. The summed E-state index contributed by atoms with van der Waals surface area (Å²) < 4.78 is 11.1. The van der Waals surface area contributed by atoms with Gasteiger partial charge < -0.3 is 19.9 Å². The number of aryl methyl sites for hydroxylation is 1. The fourth-order valence-electron chi connectivity index (χ4n) is 4.31. The van der Waals surface area contributed by atoms with Crippen LogP contribution in [-0.4, -0.2) is 41.4 Å². The molecule has 0 aliphatic heterocycles. The summed E-state index contributed by atoms with van der Waals surface area (Å²) in [5.74, 6) is 2.01. The molecule has 2 aliphatic rings. The summed E-state index contributed by atoms with van der Waals surface area (Å²) in [6.07, 6.45) is 7.89. The van der Waals surface area contributed by atoms with Crippen LogP contribution in [0.25, 0.3) is 0 Å². The second-order valence-corrected chi connectivity index (χ2v) is 7.10. The Morgan fingerprint density at radius 2 is 2.08 bits per heavy atom. The first-order valence-electron chi connectivity index (χ1n) is 9.63. The van der Waals surface area contributed by atoms with Crippen LogP contribution in [0.2, 0.25) is 0 Å². The van der Waals surface area contributed by atoms with Crippen molar-refractivity contribution in [3.8, 4) is 0 Å². The molecule has 1 heterocycles. The average Bonchev–Trinajstić information content (AvgIpc) is 3.05. The van der Waals surface area contributed by atoms with Crippen molar-refractivity contribution in [2.75, 3.05) is 13.2 Å². The van der Waals surface area contributed by atoms with Gasteiger partial charge >= 0.3 is 0 Å². The van der Waals surface area contributed by atoms with Gasteiger partial charge in [-0.3, -0.25) is 0 Å². The summed E-state index contributed by atoms with van der Waals surface area (Å²) >= 11 is 0. The number of halogens is 1. The number of nitrogens with zero attached hydrogens (tertiary/aromatic N) is 3. The molecule has 2 saturated carbocycles. The van der Waals surface area contributed by atoms with Crippen LogP contribution in [0.15, 0.2) is 9.52 Å². The summed E-state index contributed by atoms with van der Waals surface area (Å²) in [7, 11) is 0. The highest BCUT2D eigenvalue weighted by molar-refractivity contribution is 14.0. The molecule has 2 unspecified atom stereocenters. The van der Waals surface area contributed by atoms with E-state index in [1.807, 2.05) is 0 Å². The van der Waals surface area contributed by atoms with Crippen LogP contribution in [-0.2, 0) is 11.3 Å². The van der Waals surface area contributed by atoms with Crippen LogP contribution < -0.4 is 10.6 Å². The highest BCUT2D eigenvalue weighted by Crippen LogP contribution is 2.53. The minimum Gasteiger partial charge on any atom is -0.378 e. The lowest BCUT2D eigenvalue weighted by Crippen LogP contribution is -2.66. The summed E-state index contributed by atoms with van der Waals surface area (Å²) in [5, 5.41) is 10.9. The van der Waals surface area contributed by atoms with Crippen molar-refractivity contribution < 1.29 is 9.26 Å². The molecule has 7 nitrogen and oxygen atoms in total. The maximum atomic E-state index is 6.04. The quantitative estimate of drug-likeness (QED) is 0.372. The molecule has 26 heavy (non-hydrogen) atoms. The second-order valence-electron chi connectivity index (χ2n) is 7.10. The molecule has 1 spiro atoms. The summed E-state index contributed by atoms with van der Waals surface area (Å²) in [6, 6.07) is 0.425. The molecule has 2 fully saturated rings. The van der Waals surface area contributed by atoms with E-state index in [4.69, 9.17) is 9.26 Å². The van der Waals surface area contributed by atoms with Gasteiger partial charge in [0.2, 0.25) is 5.89 Å². The molecule has 0 amide bonds. The highest BCUT2D eigenvalue weighted by atomic mass is 127. The standard InChI is InChI=1S/C18H31N5O2.HI/c1-4-19-17(20-12-16-21-13(3)25-23-16)22-14-11-15(24-5-2)18(14)9-7-6-8-10-18;/h14-15H,4-12H2,1-3H3,(H2,19,20,22);1H. The minimum absolute atomic E-state index is 0. The predicted octanol–water partition coefficient (Wildman–Crippen LogP) is 3.18. The first-order valence-corrected chi connectivity index (χ1v) is 9.63. The van der Waals surface area contributed by atoms with Crippen LogP contribution in [0.4, 0.5) is 0 Å². The molecule has 0 radical (unpaired) electrons. The third-order valence-corrected chi connectivity index (χ3v) is 5.54. The Morgan fingerprint density at radius 3 is 2.69 bits per heavy atom. The van der Waals surface area contributed by atoms with E-state index in [-0.39, 0.29) is 29.4 Å². The molecular formula is C18H32IN5O2. The van der Waals surface area contributed by atoms with Crippen molar-refractivity contribution in [2.45, 2.75) is 78.0 Å². The van der Waals surface area contributed by atoms with Gasteiger partial charge in [0, 0.05) is 31.5 Å². The molecule has 8 heteroatoms. The largest absolute Gasteiger partial charge is 0.378 e. The number of hydrogen-bond acceptors (Lipinski definition) is 5. The predicted molar refractivity (Wildman–Crippen MR) is 112 cm³/mol. The molecule has 2 atom stereocenters. The number of guanidine groups is 1. The van der Waals surface area contributed by atoms with Gasteiger partial charge in [0.05, 0.1) is 6.10 Å². The van der Waals surface area contributed by atoms with Crippen LogP contribution in [0.1, 0.15) is 64.1 Å². The van der Waals surface area contributed by atoms with Crippen molar-refractivity contribution >= 4 is 29.9 Å². The SMILES string of the molecule is CCNC(=NCc1noc(C)n1)NC1CC(OCC)C12CCCCC2.I. The van der Waals surface area contributed by atoms with Crippen molar-refractivity contribution in [2.24, 2.45) is 10.4 Å². The third-order valence-electron chi connectivity index (χ3n) is 5.54. The Morgan fingerprint density at radius 1 is 1.31 bits per heavy atom. The summed E-state index contributed by atoms with van der Waals surface area (Å²) in [6.45, 7) is 8.00. The topological polar surface area (TPSA) is 84.6 Å². The monoisotopic (exact) mass is 477 g/mol. The first-order chi connectivity index (χ1) is 12.2. The Balaban J connectivity index is 0.00000243. The lowest BCUT2D eigenvalue weighted by atomic mass is 9.55. The van der Waals surface area contributed by atoms with E-state index in [2.05, 4.69) is 39.6 Å². The molecule has 0 saturated heterocycles. The smallest absolute Gasteiger partial charge is 0.223 e. The lowest BCUT2D eigenvalue weighted by Gasteiger charge is -2.57. The number of ether oxygens (including phenoxy) is 1. The van der Waals surface area contributed by atoms with Gasteiger partial charge in [-0.1, -0.05) is 24.4 Å². The van der Waals surface area contributed by atoms with E-state index in [1.165, 1.54) is 32.1 Å². The van der Waals surface area contributed by atoms with Crippen molar-refractivity contribution in [1.29, 1.82) is 0 Å². The fraction of sp³-hybridized carbons (Fsp3) is 0.833. The Hall–Kier alpha value is -0.900. The number of rotatable bonds is 6. The Labute approximate surface area is 173 Å². The number of nitrogens with one attached hydrogen (secondary N) is 2. The highest BCUT2D eigenvalue weighted by Gasteiger charge is 2.55. The third kappa shape index (κ3) is 4.68. The van der Waals surface area contributed by atoms with E-state index < -0.39 is 0 Å². The molecule has 1 aromatic heterocycles. The molecule has 0 bridgehead atoms. The summed E-state index contributed by atoms with van der Waals surface area (Å²) in [4.78, 5) is 8.85. The van der Waals surface area contributed by atoms with Gasteiger partial charge in [-0.2, -0.15) is 4.98 Å². The van der Waals surface area contributed by atoms with E-state index in [1.54, 1.807) is 6.92 Å². The first kappa shape index (κ1) is 21.4. The van der Waals surface area contributed by atoms with Gasteiger partial charge in [0.25, 0.3) is 0 Å². The normalized spacial score (nSPS) is 24.7. The van der Waals surface area contributed by atoms with E-state index in [9.17, 15) is 0 Å². The number of aromatic nitrogens is 2. The molecule has 0 aromatic carbocycles. The van der Waals surface area contributed by atoms with Gasteiger partial charge in [0.1, 0.15) is 6.54 Å². The van der Waals surface area contributed by atoms with Gasteiger partial charge in [-0.25, -0.2) is 4.99 Å². The molecular weight excluding hydrogens is 445 g/mol. The van der Waals surface area contributed by atoms with Gasteiger partial charge in [0.15, 0.2) is 11.8 Å². The van der Waals surface area contributed by atoms with Crippen LogP contribution >= 0.6 is 24.0 Å². The van der Waals surface area contributed by atoms with Crippen molar-refractivity contribution in [3.63, 3.8) is 0 Å². The minimum atomic E-state index is 0. The average molecular weight is 477 g/mol. The fourth-order valence-corrected chi connectivity index (χ4v) is 4.31. The van der Waals surface area contributed by atoms with Gasteiger partial charge in [-0.15, -0.1) is 24.0 Å². The Kier molecular flexibility index (Phi) is 8.12. The van der Waals surface area contributed by atoms with Crippen LogP contribution in [0, 0.1) is 12.3 Å². The number of aliphatic imine (C=N–C) groups is 1. The van der Waals surface area contributed by atoms with Crippen molar-refractivity contribution in [3.05, 3.63) is 11.7 Å². The molecule has 148 valence electrons. The maximum Gasteiger partial charge on any atom is 0.223 e. The van der Waals surface area contributed by atoms with Gasteiger partial charge in [-0.05, 0) is 33.1 Å². The zero-order valence-electron chi connectivity index (χ0n) is 16.1. The Bertz CT molecular complexity index is 586. The van der Waals surface area contributed by atoms with Crippen LogP contribution in [0.5, 0.6) is 0 Å². The van der Waals surface area contributed by atoms with E-state index in [0.717, 1.165) is 25.5 Å².